The van der Waals surface area contributed by atoms with Crippen LogP contribution >= 0.6 is 0 Å². The predicted molar refractivity (Wildman–Crippen MR) is 187 cm³/mol. The van der Waals surface area contributed by atoms with Crippen LogP contribution in [0.15, 0.2) is 60.7 Å². The van der Waals surface area contributed by atoms with E-state index in [0.29, 0.717) is 39.6 Å². The summed E-state index contributed by atoms with van der Waals surface area (Å²) in [5.41, 5.74) is 3.63. The maximum absolute atomic E-state index is 13.3. The number of ether oxygens (including phenoxy) is 7. The number of nitrogens with one attached hydrogen (secondary N) is 1. The maximum atomic E-state index is 13.3. The molecule has 0 atom stereocenters. The third-order valence-electron chi connectivity index (χ3n) is 7.26. The number of fused-ring (bicyclic) bond motifs is 3. The van der Waals surface area contributed by atoms with Crippen LogP contribution in [0, 0.1) is 0 Å². The number of benzene rings is 2. The zero-order valence-electron chi connectivity index (χ0n) is 29.6. The quantitative estimate of drug-likeness (QED) is 0.0722. The number of hydrogen-bond acceptors (Lipinski definition) is 11. The Morgan fingerprint density at radius 2 is 1.31 bits per heavy atom. The standard InChI is InChI=1S/C37H50N2O12/c1-37(2,3)51-35(43)38-15-16-39(36(44)50-27-32-30-12-6-4-10-28(30)29-11-5-7-13-31(29)32)26-34(42)49-18-9-8-17-45-20-22-47-24-25-48-23-21-46-19-14-33(40)41/h4-13,32H,14-27H2,1-3H3,(H,38,43)(H,40,41)/b9-8+. The van der Waals surface area contributed by atoms with Gasteiger partial charge >= 0.3 is 24.1 Å². The van der Waals surface area contributed by atoms with Crippen molar-refractivity contribution in [2.24, 2.45) is 0 Å². The first kappa shape index (κ1) is 40.9. The molecule has 0 saturated carbocycles. The van der Waals surface area contributed by atoms with Crippen LogP contribution in [0.25, 0.3) is 11.1 Å². The monoisotopic (exact) mass is 714 g/mol. The highest BCUT2D eigenvalue weighted by Gasteiger charge is 2.30. The fraction of sp³-hybridized carbons (Fsp3) is 0.514. The third kappa shape index (κ3) is 15.9. The highest BCUT2D eigenvalue weighted by molar-refractivity contribution is 5.80. The normalized spacial score (nSPS) is 12.3. The first-order valence-corrected chi connectivity index (χ1v) is 17.0. The zero-order chi connectivity index (χ0) is 36.9. The number of amides is 2. The van der Waals surface area contributed by atoms with Crippen LogP contribution in [0.4, 0.5) is 9.59 Å². The molecule has 1 aliphatic carbocycles. The first-order chi connectivity index (χ1) is 24.5. The van der Waals surface area contributed by atoms with E-state index >= 15 is 0 Å². The molecule has 0 unspecified atom stereocenters. The van der Waals surface area contributed by atoms with Gasteiger partial charge in [-0.2, -0.15) is 0 Å². The fourth-order valence-corrected chi connectivity index (χ4v) is 4.98. The van der Waals surface area contributed by atoms with E-state index in [9.17, 15) is 19.2 Å². The molecule has 0 fully saturated rings. The van der Waals surface area contributed by atoms with Crippen molar-refractivity contribution in [1.82, 2.24) is 10.2 Å². The lowest BCUT2D eigenvalue weighted by molar-refractivity contribution is -0.143. The van der Waals surface area contributed by atoms with Crippen LogP contribution in [0.5, 0.6) is 0 Å². The molecule has 51 heavy (non-hydrogen) atoms. The number of carbonyl (C=O) groups is 4. The Labute approximate surface area is 298 Å². The van der Waals surface area contributed by atoms with Gasteiger partial charge in [0.25, 0.3) is 0 Å². The molecule has 0 heterocycles. The van der Waals surface area contributed by atoms with E-state index in [2.05, 4.69) is 5.32 Å². The van der Waals surface area contributed by atoms with E-state index < -0.39 is 29.7 Å². The summed E-state index contributed by atoms with van der Waals surface area (Å²) >= 11 is 0. The van der Waals surface area contributed by atoms with Crippen LogP contribution in [0.3, 0.4) is 0 Å². The largest absolute Gasteiger partial charge is 0.481 e. The smallest absolute Gasteiger partial charge is 0.410 e. The number of aliphatic carboxylic acids is 1. The molecule has 0 bridgehead atoms. The van der Waals surface area contributed by atoms with Crippen molar-refractivity contribution in [1.29, 1.82) is 0 Å². The Kier molecular flexibility index (Phi) is 17.9. The van der Waals surface area contributed by atoms with E-state index in [4.69, 9.17) is 38.3 Å². The number of alkyl carbamates (subject to hydrolysis) is 1. The van der Waals surface area contributed by atoms with Crippen molar-refractivity contribution < 1.29 is 57.4 Å². The van der Waals surface area contributed by atoms with E-state index in [1.54, 1.807) is 32.9 Å². The molecular formula is C37H50N2O12. The number of rotatable bonds is 23. The van der Waals surface area contributed by atoms with Crippen LogP contribution in [-0.2, 0) is 42.7 Å². The predicted octanol–water partition coefficient (Wildman–Crippen LogP) is 4.40. The number of hydrogen-bond donors (Lipinski definition) is 2. The summed E-state index contributed by atoms with van der Waals surface area (Å²) in [4.78, 5) is 49.7. The molecule has 14 heteroatoms. The van der Waals surface area contributed by atoms with Gasteiger partial charge in [0.15, 0.2) is 0 Å². The van der Waals surface area contributed by atoms with Gasteiger partial charge in [0.1, 0.15) is 25.4 Å². The van der Waals surface area contributed by atoms with Crippen LogP contribution in [-0.4, -0.2) is 125 Å². The molecular weight excluding hydrogens is 664 g/mol. The average molecular weight is 715 g/mol. The Morgan fingerprint density at radius 1 is 0.765 bits per heavy atom. The molecule has 280 valence electrons. The molecule has 3 rings (SSSR count). The molecule has 2 N–H and O–H groups in total. The number of nitrogens with zero attached hydrogens (tertiary/aromatic N) is 1. The molecule has 0 radical (unpaired) electrons. The first-order valence-electron chi connectivity index (χ1n) is 17.0. The van der Waals surface area contributed by atoms with E-state index in [1.807, 2.05) is 48.5 Å². The summed E-state index contributed by atoms with van der Waals surface area (Å²) in [6, 6.07) is 16.0. The van der Waals surface area contributed by atoms with Gasteiger partial charge < -0.3 is 43.6 Å². The van der Waals surface area contributed by atoms with Crippen molar-refractivity contribution in [3.8, 4) is 11.1 Å². The minimum Gasteiger partial charge on any atom is -0.481 e. The molecule has 0 aliphatic heterocycles. The zero-order valence-corrected chi connectivity index (χ0v) is 29.6. The average Bonchev–Trinajstić information content (AvgIpc) is 3.40. The highest BCUT2D eigenvalue weighted by atomic mass is 16.6. The van der Waals surface area contributed by atoms with Crippen molar-refractivity contribution in [3.05, 3.63) is 71.8 Å². The molecule has 1 aliphatic rings. The summed E-state index contributed by atoms with van der Waals surface area (Å²) in [6.07, 6.45) is 1.95. The summed E-state index contributed by atoms with van der Waals surface area (Å²) in [6.45, 7) is 7.54. The third-order valence-corrected chi connectivity index (χ3v) is 7.26. The van der Waals surface area contributed by atoms with Crippen molar-refractivity contribution in [3.63, 3.8) is 0 Å². The SMILES string of the molecule is CC(C)(C)OC(=O)NCCN(CC(=O)OC/C=C/COCCOCCOCCOCCC(=O)O)C(=O)OCC1c2ccccc2-c2ccccc21. The Morgan fingerprint density at radius 3 is 1.90 bits per heavy atom. The molecule has 2 aromatic rings. The topological polar surface area (TPSA) is 168 Å². The van der Waals surface area contributed by atoms with Gasteiger partial charge in [-0.25, -0.2) is 9.59 Å². The molecule has 2 aromatic carbocycles. The summed E-state index contributed by atoms with van der Waals surface area (Å²) < 4.78 is 37.6. The lowest BCUT2D eigenvalue weighted by Crippen LogP contribution is -2.43. The van der Waals surface area contributed by atoms with Crippen LogP contribution in [0.1, 0.15) is 44.2 Å². The van der Waals surface area contributed by atoms with E-state index in [0.717, 1.165) is 22.3 Å². The number of esters is 1. The highest BCUT2D eigenvalue weighted by Crippen LogP contribution is 2.44. The fourth-order valence-electron chi connectivity index (χ4n) is 4.98. The van der Waals surface area contributed by atoms with Crippen LogP contribution < -0.4 is 5.32 Å². The summed E-state index contributed by atoms with van der Waals surface area (Å²) in [5, 5.41) is 11.1. The van der Waals surface area contributed by atoms with Crippen LogP contribution in [0.2, 0.25) is 0 Å². The van der Waals surface area contributed by atoms with Gasteiger partial charge in [0.05, 0.1) is 59.3 Å². The minimum absolute atomic E-state index is 0.00803. The summed E-state index contributed by atoms with van der Waals surface area (Å²) in [5.74, 6) is -1.70. The van der Waals surface area contributed by atoms with E-state index in [-0.39, 0.29) is 58.4 Å². The van der Waals surface area contributed by atoms with Gasteiger partial charge in [-0.05, 0) is 49.1 Å². The number of carboxylic acids is 1. The molecule has 0 spiro atoms. The lowest BCUT2D eigenvalue weighted by atomic mass is 9.98. The molecule has 0 aromatic heterocycles. The second-order valence-corrected chi connectivity index (χ2v) is 12.4. The van der Waals surface area contributed by atoms with Crippen molar-refractivity contribution in [2.45, 2.75) is 38.7 Å². The van der Waals surface area contributed by atoms with E-state index in [1.165, 1.54) is 4.90 Å². The Balaban J connectivity index is 1.37. The summed E-state index contributed by atoms with van der Waals surface area (Å²) in [7, 11) is 0. The lowest BCUT2D eigenvalue weighted by Gasteiger charge is -2.24. The Bertz CT molecular complexity index is 1380. The molecule has 14 nitrogen and oxygen atoms in total. The van der Waals surface area contributed by atoms with Crippen molar-refractivity contribution in [2.75, 3.05) is 85.7 Å². The second-order valence-electron chi connectivity index (χ2n) is 12.4. The van der Waals surface area contributed by atoms with Crippen molar-refractivity contribution >= 4 is 24.1 Å². The van der Waals surface area contributed by atoms with Gasteiger partial charge in [-0.1, -0.05) is 54.6 Å². The molecule has 2 amide bonds. The minimum atomic E-state index is -0.901. The van der Waals surface area contributed by atoms with Gasteiger partial charge in [0, 0.05) is 19.0 Å². The van der Waals surface area contributed by atoms with Gasteiger partial charge in [-0.3, -0.25) is 14.5 Å². The Hall–Kier alpha value is -4.50. The number of carbonyl (C=O) groups excluding carboxylic acids is 3. The maximum Gasteiger partial charge on any atom is 0.410 e. The van der Waals surface area contributed by atoms with Gasteiger partial charge in [-0.15, -0.1) is 0 Å². The van der Waals surface area contributed by atoms with Gasteiger partial charge in [0.2, 0.25) is 0 Å². The number of carboxylic acid groups (broad SMARTS) is 1. The second kappa shape index (κ2) is 22.3. The molecule has 0 saturated heterocycles.